The zero-order chi connectivity index (χ0) is 15.7. The molecule has 116 valence electrons. The molecule has 4 N–H and O–H groups in total. The number of guanidine groups is 1. The van der Waals surface area contributed by atoms with Gasteiger partial charge in [-0.15, -0.1) is 0 Å². The van der Waals surface area contributed by atoms with E-state index in [0.29, 0.717) is 30.7 Å². The van der Waals surface area contributed by atoms with Gasteiger partial charge in [-0.05, 0) is 37.1 Å². The number of amides is 1. The summed E-state index contributed by atoms with van der Waals surface area (Å²) < 4.78 is 12.7. The lowest BCUT2D eigenvalue weighted by atomic mass is 10.2. The third-order valence-electron chi connectivity index (χ3n) is 3.12. The Bertz CT molecular complexity index is 469. The van der Waals surface area contributed by atoms with Crippen LogP contribution in [0.1, 0.15) is 37.0 Å². The highest BCUT2D eigenvalue weighted by molar-refractivity contribution is 5.94. The summed E-state index contributed by atoms with van der Waals surface area (Å²) in [4.78, 5) is 15.9. The van der Waals surface area contributed by atoms with E-state index in [1.165, 1.54) is 24.3 Å². The lowest BCUT2D eigenvalue weighted by Crippen LogP contribution is -2.40. The fourth-order valence-corrected chi connectivity index (χ4v) is 1.80. The highest BCUT2D eigenvalue weighted by Crippen LogP contribution is 2.02. The number of nitrogens with zero attached hydrogens (tertiary/aromatic N) is 1. The van der Waals surface area contributed by atoms with E-state index in [2.05, 4.69) is 29.5 Å². The molecule has 5 nitrogen and oxygen atoms in total. The molecule has 0 aliphatic heterocycles. The lowest BCUT2D eigenvalue weighted by Gasteiger charge is -2.15. The summed E-state index contributed by atoms with van der Waals surface area (Å²) in [6.07, 6.45) is 1.96. The molecule has 0 spiro atoms. The molecule has 0 atom stereocenters. The summed E-state index contributed by atoms with van der Waals surface area (Å²) in [5.74, 6) is -0.229. The van der Waals surface area contributed by atoms with E-state index in [1.807, 2.05) is 0 Å². The maximum atomic E-state index is 12.7. The average Bonchev–Trinajstić information content (AvgIpc) is 2.49. The predicted molar refractivity (Wildman–Crippen MR) is 82.7 cm³/mol. The van der Waals surface area contributed by atoms with Gasteiger partial charge in [-0.1, -0.05) is 13.8 Å². The topological polar surface area (TPSA) is 79.5 Å². The molecule has 0 saturated carbocycles. The van der Waals surface area contributed by atoms with Crippen molar-refractivity contribution < 1.29 is 9.18 Å². The normalized spacial score (nSPS) is 11.5. The van der Waals surface area contributed by atoms with E-state index in [0.717, 1.165) is 12.8 Å². The number of rotatable bonds is 7. The average molecular weight is 294 g/mol. The molecule has 0 fully saturated rings. The number of hydrogen-bond donors (Lipinski definition) is 3. The van der Waals surface area contributed by atoms with Gasteiger partial charge in [0.05, 0.1) is 6.54 Å². The van der Waals surface area contributed by atoms with Gasteiger partial charge in [0.25, 0.3) is 5.91 Å². The number of nitrogens with two attached hydrogens (primary N) is 1. The summed E-state index contributed by atoms with van der Waals surface area (Å²) in [5, 5.41) is 5.82. The Morgan fingerprint density at radius 3 is 2.48 bits per heavy atom. The molecule has 0 aliphatic rings. The van der Waals surface area contributed by atoms with E-state index in [-0.39, 0.29) is 11.7 Å². The third-order valence-corrected chi connectivity index (χ3v) is 3.12. The minimum absolute atomic E-state index is 0.253. The minimum Gasteiger partial charge on any atom is -0.370 e. The number of carbonyl (C=O) groups excluding carboxylic acids is 1. The monoisotopic (exact) mass is 294 g/mol. The number of halogens is 1. The highest BCUT2D eigenvalue weighted by Gasteiger charge is 2.05. The van der Waals surface area contributed by atoms with Crippen LogP contribution in [0.5, 0.6) is 0 Å². The molecule has 1 amide bonds. The van der Waals surface area contributed by atoms with E-state index in [1.54, 1.807) is 0 Å². The van der Waals surface area contributed by atoms with Gasteiger partial charge in [-0.2, -0.15) is 0 Å². The van der Waals surface area contributed by atoms with Crippen LogP contribution in [0.25, 0.3) is 0 Å². The SMILES string of the molecule is CCC(CC)NC(N)=NCCNC(=O)c1ccc(F)cc1. The Hall–Kier alpha value is -2.11. The molecule has 6 heteroatoms. The fraction of sp³-hybridized carbons (Fsp3) is 0.467. The third kappa shape index (κ3) is 6.25. The summed E-state index contributed by atoms with van der Waals surface area (Å²) in [6.45, 7) is 4.93. The van der Waals surface area contributed by atoms with Crippen molar-refractivity contribution in [1.29, 1.82) is 0 Å². The van der Waals surface area contributed by atoms with Crippen LogP contribution in [-0.4, -0.2) is 31.0 Å². The van der Waals surface area contributed by atoms with Crippen LogP contribution in [0.2, 0.25) is 0 Å². The van der Waals surface area contributed by atoms with Crippen LogP contribution in [0.15, 0.2) is 29.3 Å². The second kappa shape index (κ2) is 8.94. The van der Waals surface area contributed by atoms with Crippen LogP contribution in [0, 0.1) is 5.82 Å². The Balaban J connectivity index is 2.33. The Kier molecular flexibility index (Phi) is 7.21. The van der Waals surface area contributed by atoms with Gasteiger partial charge in [0.15, 0.2) is 5.96 Å². The molecule has 0 radical (unpaired) electrons. The van der Waals surface area contributed by atoms with Gasteiger partial charge in [0.1, 0.15) is 5.82 Å². The smallest absolute Gasteiger partial charge is 0.251 e. The second-order valence-corrected chi connectivity index (χ2v) is 4.69. The van der Waals surface area contributed by atoms with Crippen molar-refractivity contribution in [2.24, 2.45) is 10.7 Å². The van der Waals surface area contributed by atoms with Crippen LogP contribution >= 0.6 is 0 Å². The van der Waals surface area contributed by atoms with Crippen molar-refractivity contribution in [3.63, 3.8) is 0 Å². The van der Waals surface area contributed by atoms with Gasteiger partial charge < -0.3 is 16.4 Å². The molecule has 1 rings (SSSR count). The molecule has 0 saturated heterocycles. The van der Waals surface area contributed by atoms with Crippen molar-refractivity contribution in [3.05, 3.63) is 35.6 Å². The summed E-state index contributed by atoms with van der Waals surface area (Å²) in [6, 6.07) is 5.71. The lowest BCUT2D eigenvalue weighted by molar-refractivity contribution is 0.0955. The van der Waals surface area contributed by atoms with Crippen molar-refractivity contribution in [2.75, 3.05) is 13.1 Å². The van der Waals surface area contributed by atoms with Crippen LogP contribution < -0.4 is 16.4 Å². The maximum Gasteiger partial charge on any atom is 0.251 e. The van der Waals surface area contributed by atoms with E-state index in [4.69, 9.17) is 5.73 Å². The molecule has 1 aromatic rings. The maximum absolute atomic E-state index is 12.7. The number of nitrogens with one attached hydrogen (secondary N) is 2. The molecule has 0 bridgehead atoms. The van der Waals surface area contributed by atoms with Crippen LogP contribution in [0.4, 0.5) is 4.39 Å². The Morgan fingerprint density at radius 2 is 1.90 bits per heavy atom. The number of hydrogen-bond acceptors (Lipinski definition) is 2. The zero-order valence-corrected chi connectivity index (χ0v) is 12.5. The van der Waals surface area contributed by atoms with E-state index >= 15 is 0 Å². The predicted octanol–water partition coefficient (Wildman–Crippen LogP) is 1.65. The number of aliphatic imine (C=N–C) groups is 1. The van der Waals surface area contributed by atoms with Gasteiger partial charge in [-0.25, -0.2) is 4.39 Å². The molecular formula is C15H23FN4O. The zero-order valence-electron chi connectivity index (χ0n) is 12.5. The fourth-order valence-electron chi connectivity index (χ4n) is 1.80. The van der Waals surface area contributed by atoms with Crippen molar-refractivity contribution in [3.8, 4) is 0 Å². The van der Waals surface area contributed by atoms with E-state index < -0.39 is 0 Å². The summed E-state index contributed by atoms with van der Waals surface area (Å²) >= 11 is 0. The minimum atomic E-state index is -0.364. The summed E-state index contributed by atoms with van der Waals surface area (Å²) in [5.41, 5.74) is 6.17. The van der Waals surface area contributed by atoms with E-state index in [9.17, 15) is 9.18 Å². The number of carbonyl (C=O) groups is 1. The first kappa shape index (κ1) is 16.9. The molecule has 0 unspecified atom stereocenters. The first-order valence-electron chi connectivity index (χ1n) is 7.17. The van der Waals surface area contributed by atoms with Crippen LogP contribution in [-0.2, 0) is 0 Å². The Labute approximate surface area is 124 Å². The second-order valence-electron chi connectivity index (χ2n) is 4.69. The first-order chi connectivity index (χ1) is 10.1. The number of benzene rings is 1. The van der Waals surface area contributed by atoms with Crippen molar-refractivity contribution >= 4 is 11.9 Å². The molecular weight excluding hydrogens is 271 g/mol. The first-order valence-corrected chi connectivity index (χ1v) is 7.17. The molecule has 0 aliphatic carbocycles. The van der Waals surface area contributed by atoms with Crippen molar-refractivity contribution in [2.45, 2.75) is 32.7 Å². The van der Waals surface area contributed by atoms with Gasteiger partial charge in [-0.3, -0.25) is 9.79 Å². The molecule has 0 heterocycles. The molecule has 0 aromatic heterocycles. The molecule has 1 aromatic carbocycles. The van der Waals surface area contributed by atoms with Crippen LogP contribution in [0.3, 0.4) is 0 Å². The van der Waals surface area contributed by atoms with Gasteiger partial charge in [0, 0.05) is 18.2 Å². The Morgan fingerprint density at radius 1 is 1.29 bits per heavy atom. The highest BCUT2D eigenvalue weighted by atomic mass is 19.1. The largest absolute Gasteiger partial charge is 0.370 e. The summed E-state index contributed by atoms with van der Waals surface area (Å²) in [7, 11) is 0. The standard InChI is InChI=1S/C15H23FN4O/c1-3-13(4-2)20-15(17)19-10-9-18-14(21)11-5-7-12(16)8-6-11/h5-8,13H,3-4,9-10H2,1-2H3,(H,18,21)(H3,17,19,20). The molecule has 21 heavy (non-hydrogen) atoms. The quantitative estimate of drug-likeness (QED) is 0.406. The van der Waals surface area contributed by atoms with Gasteiger partial charge >= 0.3 is 0 Å². The van der Waals surface area contributed by atoms with Crippen molar-refractivity contribution in [1.82, 2.24) is 10.6 Å². The van der Waals surface area contributed by atoms with Gasteiger partial charge in [0.2, 0.25) is 0 Å².